The molecular formula is C17H13ClN4O3S. The summed E-state index contributed by atoms with van der Waals surface area (Å²) in [5.74, 6) is -0.697. The third-order valence-electron chi connectivity index (χ3n) is 3.22. The molecule has 0 radical (unpaired) electrons. The average Bonchev–Trinajstić information content (AvgIpc) is 2.63. The van der Waals surface area contributed by atoms with E-state index in [2.05, 4.69) is 10.6 Å². The van der Waals surface area contributed by atoms with Gasteiger partial charge in [0.2, 0.25) is 0 Å². The number of hydrogen-bond acceptors (Lipinski definition) is 6. The molecule has 0 atom stereocenters. The minimum absolute atomic E-state index is 0.0422. The van der Waals surface area contributed by atoms with Crippen LogP contribution in [-0.2, 0) is 4.79 Å². The van der Waals surface area contributed by atoms with E-state index in [0.717, 1.165) is 16.6 Å². The lowest BCUT2D eigenvalue weighted by molar-refractivity contribution is -0.384. The van der Waals surface area contributed by atoms with Crippen LogP contribution < -0.4 is 10.6 Å². The molecule has 0 bridgehead atoms. The van der Waals surface area contributed by atoms with E-state index in [-0.39, 0.29) is 22.0 Å². The number of nitro benzene ring substituents is 1. The Hall–Kier alpha value is -3.02. The summed E-state index contributed by atoms with van der Waals surface area (Å²) in [5.41, 5.74) is 0.368. The highest BCUT2D eigenvalue weighted by atomic mass is 35.5. The van der Waals surface area contributed by atoms with Gasteiger partial charge in [0.25, 0.3) is 11.6 Å². The zero-order chi connectivity index (χ0) is 19.1. The van der Waals surface area contributed by atoms with Crippen molar-refractivity contribution in [1.29, 1.82) is 5.26 Å². The molecule has 26 heavy (non-hydrogen) atoms. The van der Waals surface area contributed by atoms with E-state index in [1.54, 1.807) is 23.9 Å². The maximum atomic E-state index is 12.2. The Kier molecular flexibility index (Phi) is 6.60. The van der Waals surface area contributed by atoms with Crippen molar-refractivity contribution in [3.05, 3.63) is 69.4 Å². The van der Waals surface area contributed by atoms with Crippen molar-refractivity contribution < 1.29 is 9.72 Å². The van der Waals surface area contributed by atoms with Crippen LogP contribution in [0.1, 0.15) is 0 Å². The van der Waals surface area contributed by atoms with Gasteiger partial charge in [-0.15, -0.1) is 11.8 Å². The molecule has 7 nitrogen and oxygen atoms in total. The number of nitro groups is 1. The van der Waals surface area contributed by atoms with E-state index in [9.17, 15) is 20.2 Å². The number of thioether (sulfide) groups is 1. The van der Waals surface area contributed by atoms with Crippen LogP contribution in [0.4, 0.5) is 17.1 Å². The van der Waals surface area contributed by atoms with E-state index in [4.69, 9.17) is 11.6 Å². The maximum absolute atomic E-state index is 12.2. The summed E-state index contributed by atoms with van der Waals surface area (Å²) in [7, 11) is 0. The highest BCUT2D eigenvalue weighted by Crippen LogP contribution is 2.27. The Morgan fingerprint density at radius 1 is 1.31 bits per heavy atom. The molecule has 0 aliphatic rings. The van der Waals surface area contributed by atoms with Gasteiger partial charge < -0.3 is 10.6 Å². The number of carbonyl (C=O) groups is 1. The first kappa shape index (κ1) is 19.3. The fraction of sp³-hybridized carbons (Fsp3) is 0.0588. The van der Waals surface area contributed by atoms with Gasteiger partial charge in [-0.05, 0) is 36.6 Å². The second kappa shape index (κ2) is 8.89. The van der Waals surface area contributed by atoms with Crippen LogP contribution in [0.15, 0.2) is 59.1 Å². The molecule has 2 aromatic rings. The van der Waals surface area contributed by atoms with E-state index in [1.807, 2.05) is 24.5 Å². The summed E-state index contributed by atoms with van der Waals surface area (Å²) in [6.07, 6.45) is 3.22. The predicted molar refractivity (Wildman–Crippen MR) is 102 cm³/mol. The topological polar surface area (TPSA) is 108 Å². The summed E-state index contributed by atoms with van der Waals surface area (Å²) in [5, 5.41) is 25.4. The molecule has 0 heterocycles. The lowest BCUT2D eigenvalue weighted by atomic mass is 10.2. The first-order valence-corrected chi connectivity index (χ1v) is 8.81. The van der Waals surface area contributed by atoms with Gasteiger partial charge in [0.15, 0.2) is 0 Å². The van der Waals surface area contributed by atoms with Crippen LogP contribution in [0, 0.1) is 21.4 Å². The van der Waals surface area contributed by atoms with Crippen molar-refractivity contribution in [2.24, 2.45) is 0 Å². The molecule has 2 rings (SSSR count). The van der Waals surface area contributed by atoms with E-state index in [1.165, 1.54) is 18.3 Å². The van der Waals surface area contributed by atoms with Gasteiger partial charge in [0.1, 0.15) is 16.7 Å². The molecule has 9 heteroatoms. The summed E-state index contributed by atoms with van der Waals surface area (Å²) >= 11 is 7.30. The van der Waals surface area contributed by atoms with Crippen molar-refractivity contribution in [3.63, 3.8) is 0 Å². The fourth-order valence-electron chi connectivity index (χ4n) is 1.95. The number of benzene rings is 2. The Morgan fingerprint density at radius 3 is 2.73 bits per heavy atom. The summed E-state index contributed by atoms with van der Waals surface area (Å²) < 4.78 is 0. The first-order chi connectivity index (χ1) is 12.4. The molecule has 0 saturated carbocycles. The Balaban J connectivity index is 2.14. The highest BCUT2D eigenvalue weighted by molar-refractivity contribution is 7.98. The fourth-order valence-corrected chi connectivity index (χ4v) is 2.59. The SMILES string of the molecule is CSc1cccc(N/C=C(/C#N)C(=O)Nc2ccc(Cl)c([N+](=O)[O-])c2)c1. The largest absolute Gasteiger partial charge is 0.360 e. The lowest BCUT2D eigenvalue weighted by Crippen LogP contribution is -2.14. The van der Waals surface area contributed by atoms with Crippen molar-refractivity contribution in [2.75, 3.05) is 16.9 Å². The number of nitrogens with zero attached hydrogens (tertiary/aromatic N) is 2. The minimum Gasteiger partial charge on any atom is -0.360 e. The average molecular weight is 389 g/mol. The molecule has 0 fully saturated rings. The number of carbonyl (C=O) groups excluding carboxylic acids is 1. The van der Waals surface area contributed by atoms with Crippen LogP contribution in [0.3, 0.4) is 0 Å². The van der Waals surface area contributed by atoms with Crippen LogP contribution in [-0.4, -0.2) is 17.1 Å². The number of hydrogen-bond donors (Lipinski definition) is 2. The maximum Gasteiger partial charge on any atom is 0.289 e. The van der Waals surface area contributed by atoms with Crippen LogP contribution in [0.2, 0.25) is 5.02 Å². The predicted octanol–water partition coefficient (Wildman–Crippen LogP) is 4.43. The zero-order valence-corrected chi connectivity index (χ0v) is 15.1. The Morgan fingerprint density at radius 2 is 2.08 bits per heavy atom. The van der Waals surface area contributed by atoms with Gasteiger partial charge in [-0.2, -0.15) is 5.26 Å². The summed E-state index contributed by atoms with van der Waals surface area (Å²) in [4.78, 5) is 23.5. The highest BCUT2D eigenvalue weighted by Gasteiger charge is 2.15. The normalized spacial score (nSPS) is 10.7. The van der Waals surface area contributed by atoms with Crippen LogP contribution in [0.25, 0.3) is 0 Å². The van der Waals surface area contributed by atoms with Crippen molar-refractivity contribution >= 4 is 46.3 Å². The molecule has 0 spiro atoms. The summed E-state index contributed by atoms with van der Waals surface area (Å²) in [6, 6.07) is 13.1. The minimum atomic E-state index is -0.697. The van der Waals surface area contributed by atoms with Gasteiger partial charge in [0.05, 0.1) is 4.92 Å². The van der Waals surface area contributed by atoms with Crippen molar-refractivity contribution in [1.82, 2.24) is 0 Å². The number of nitriles is 1. The van der Waals surface area contributed by atoms with Crippen molar-refractivity contribution in [3.8, 4) is 6.07 Å². The molecule has 0 aliphatic heterocycles. The van der Waals surface area contributed by atoms with Gasteiger partial charge in [-0.25, -0.2) is 0 Å². The van der Waals surface area contributed by atoms with Gasteiger partial charge in [0, 0.05) is 28.5 Å². The van der Waals surface area contributed by atoms with Gasteiger partial charge >= 0.3 is 0 Å². The monoisotopic (exact) mass is 388 g/mol. The smallest absolute Gasteiger partial charge is 0.289 e. The van der Waals surface area contributed by atoms with Crippen LogP contribution >= 0.6 is 23.4 Å². The van der Waals surface area contributed by atoms with Crippen molar-refractivity contribution in [2.45, 2.75) is 4.90 Å². The molecule has 0 aliphatic carbocycles. The van der Waals surface area contributed by atoms with Crippen LogP contribution in [0.5, 0.6) is 0 Å². The second-order valence-corrected chi connectivity index (χ2v) is 6.21. The molecule has 2 N–H and O–H groups in total. The molecule has 0 unspecified atom stereocenters. The molecule has 0 aromatic heterocycles. The Bertz CT molecular complexity index is 924. The van der Waals surface area contributed by atoms with E-state index < -0.39 is 10.8 Å². The number of anilines is 2. The number of nitrogens with one attached hydrogen (secondary N) is 2. The first-order valence-electron chi connectivity index (χ1n) is 7.20. The molecule has 2 aromatic carbocycles. The molecule has 0 saturated heterocycles. The number of amides is 1. The van der Waals surface area contributed by atoms with E-state index >= 15 is 0 Å². The standard InChI is InChI=1S/C17H13ClN4O3S/c1-26-14-4-2-3-12(7-14)20-10-11(9-19)17(23)21-13-5-6-15(18)16(8-13)22(24)25/h2-8,10,20H,1H3,(H,21,23)/b11-10-. The molecule has 1 amide bonds. The summed E-state index contributed by atoms with van der Waals surface area (Å²) in [6.45, 7) is 0. The third kappa shape index (κ3) is 4.99. The van der Waals surface area contributed by atoms with E-state index in [0.29, 0.717) is 0 Å². The quantitative estimate of drug-likeness (QED) is 0.249. The lowest BCUT2D eigenvalue weighted by Gasteiger charge is -2.06. The third-order valence-corrected chi connectivity index (χ3v) is 4.26. The van der Waals surface area contributed by atoms with Gasteiger partial charge in [-0.3, -0.25) is 14.9 Å². The Labute approximate surface area is 158 Å². The second-order valence-electron chi connectivity index (χ2n) is 4.92. The van der Waals surface area contributed by atoms with Gasteiger partial charge in [-0.1, -0.05) is 17.7 Å². The molecule has 132 valence electrons. The number of rotatable bonds is 6. The molecular weight excluding hydrogens is 376 g/mol. The number of halogens is 1. The zero-order valence-electron chi connectivity index (χ0n) is 13.5.